The lowest BCUT2D eigenvalue weighted by Crippen LogP contribution is -2.25. The van der Waals surface area contributed by atoms with Crippen LogP contribution in [0.15, 0.2) is 18.2 Å². The predicted octanol–water partition coefficient (Wildman–Crippen LogP) is 1.75. The zero-order valence-electron chi connectivity index (χ0n) is 9.04. The van der Waals surface area contributed by atoms with Crippen LogP contribution in [0.2, 0.25) is 5.02 Å². The van der Waals surface area contributed by atoms with Crippen LogP contribution in [0.3, 0.4) is 0 Å². The average molecular weight is 248 g/mol. The summed E-state index contributed by atoms with van der Waals surface area (Å²) in [4.78, 5) is 0. The number of benzene rings is 1. The SMILES string of the molecule is COCCNCC(O)c1cc(F)cc(Cl)c1. The van der Waals surface area contributed by atoms with Gasteiger partial charge in [-0.2, -0.15) is 0 Å². The molecule has 16 heavy (non-hydrogen) atoms. The van der Waals surface area contributed by atoms with Crippen molar-refractivity contribution in [3.8, 4) is 0 Å². The van der Waals surface area contributed by atoms with Crippen LogP contribution in [0, 0.1) is 5.82 Å². The quantitative estimate of drug-likeness (QED) is 0.753. The average Bonchev–Trinajstić information content (AvgIpc) is 2.22. The number of methoxy groups -OCH3 is 1. The molecule has 0 aliphatic carbocycles. The largest absolute Gasteiger partial charge is 0.387 e. The van der Waals surface area contributed by atoms with E-state index in [0.29, 0.717) is 25.3 Å². The standard InChI is InChI=1S/C11H15ClFNO2/c1-16-3-2-14-7-11(15)8-4-9(12)6-10(13)5-8/h4-6,11,14-15H,2-3,7H2,1H3. The maximum Gasteiger partial charge on any atom is 0.125 e. The molecule has 0 amide bonds. The molecule has 0 saturated heterocycles. The van der Waals surface area contributed by atoms with E-state index >= 15 is 0 Å². The summed E-state index contributed by atoms with van der Waals surface area (Å²) in [5, 5.41) is 13.0. The molecule has 1 unspecified atom stereocenters. The molecule has 0 aromatic heterocycles. The third-order valence-electron chi connectivity index (χ3n) is 2.09. The summed E-state index contributed by atoms with van der Waals surface area (Å²) < 4.78 is 17.8. The van der Waals surface area contributed by atoms with E-state index < -0.39 is 11.9 Å². The minimum atomic E-state index is -0.773. The molecule has 5 heteroatoms. The minimum absolute atomic E-state index is 0.283. The van der Waals surface area contributed by atoms with Gasteiger partial charge in [0.1, 0.15) is 5.82 Å². The first-order chi connectivity index (χ1) is 7.63. The molecular formula is C11H15ClFNO2. The molecule has 0 radical (unpaired) electrons. The maximum atomic E-state index is 13.0. The Morgan fingerprint density at radius 1 is 1.50 bits per heavy atom. The number of halogens is 2. The zero-order valence-corrected chi connectivity index (χ0v) is 9.80. The highest BCUT2D eigenvalue weighted by atomic mass is 35.5. The van der Waals surface area contributed by atoms with Gasteiger partial charge < -0.3 is 15.2 Å². The van der Waals surface area contributed by atoms with Gasteiger partial charge in [0, 0.05) is 25.2 Å². The number of aliphatic hydroxyl groups is 1. The first-order valence-electron chi connectivity index (χ1n) is 4.97. The Balaban J connectivity index is 2.48. The van der Waals surface area contributed by atoms with Crippen molar-refractivity contribution in [2.24, 2.45) is 0 Å². The highest BCUT2D eigenvalue weighted by molar-refractivity contribution is 6.30. The van der Waals surface area contributed by atoms with Crippen molar-refractivity contribution in [1.82, 2.24) is 5.32 Å². The topological polar surface area (TPSA) is 41.5 Å². The number of nitrogens with one attached hydrogen (secondary N) is 1. The van der Waals surface area contributed by atoms with Crippen LogP contribution < -0.4 is 5.32 Å². The van der Waals surface area contributed by atoms with Crippen molar-refractivity contribution >= 4 is 11.6 Å². The number of hydrogen-bond acceptors (Lipinski definition) is 3. The van der Waals surface area contributed by atoms with Gasteiger partial charge in [-0.25, -0.2) is 4.39 Å². The van der Waals surface area contributed by atoms with E-state index in [9.17, 15) is 9.50 Å². The molecule has 90 valence electrons. The fourth-order valence-electron chi connectivity index (χ4n) is 1.30. The van der Waals surface area contributed by atoms with E-state index in [1.807, 2.05) is 0 Å². The highest BCUT2D eigenvalue weighted by Crippen LogP contribution is 2.19. The zero-order chi connectivity index (χ0) is 12.0. The van der Waals surface area contributed by atoms with E-state index in [1.54, 1.807) is 13.2 Å². The molecule has 1 rings (SSSR count). The van der Waals surface area contributed by atoms with Crippen LogP contribution in [0.25, 0.3) is 0 Å². The Labute approximate surface area is 99.2 Å². The number of rotatable bonds is 6. The van der Waals surface area contributed by atoms with Gasteiger partial charge in [0.2, 0.25) is 0 Å². The monoisotopic (exact) mass is 247 g/mol. The molecule has 1 atom stereocenters. The second-order valence-corrected chi connectivity index (χ2v) is 3.85. The van der Waals surface area contributed by atoms with Crippen molar-refractivity contribution in [2.75, 3.05) is 26.8 Å². The van der Waals surface area contributed by atoms with Crippen LogP contribution in [-0.2, 0) is 4.74 Å². The first-order valence-corrected chi connectivity index (χ1v) is 5.35. The Morgan fingerprint density at radius 2 is 2.25 bits per heavy atom. The Morgan fingerprint density at radius 3 is 2.88 bits per heavy atom. The van der Waals surface area contributed by atoms with Gasteiger partial charge in [0.25, 0.3) is 0 Å². The molecule has 2 N–H and O–H groups in total. The first kappa shape index (κ1) is 13.4. The van der Waals surface area contributed by atoms with Crippen LogP contribution in [-0.4, -0.2) is 31.9 Å². The molecule has 0 heterocycles. The lowest BCUT2D eigenvalue weighted by molar-refractivity contribution is 0.161. The van der Waals surface area contributed by atoms with Gasteiger partial charge in [0.05, 0.1) is 12.7 Å². The summed E-state index contributed by atoms with van der Waals surface area (Å²) in [7, 11) is 1.60. The molecule has 0 aliphatic heterocycles. The van der Waals surface area contributed by atoms with E-state index in [0.717, 1.165) is 0 Å². The maximum absolute atomic E-state index is 13.0. The summed E-state index contributed by atoms with van der Waals surface area (Å²) in [5.41, 5.74) is 0.468. The van der Waals surface area contributed by atoms with Gasteiger partial charge in [-0.05, 0) is 23.8 Å². The molecule has 1 aromatic rings. The Bertz CT molecular complexity index is 316. The van der Waals surface area contributed by atoms with E-state index in [2.05, 4.69) is 5.32 Å². The second kappa shape index (κ2) is 6.81. The lowest BCUT2D eigenvalue weighted by atomic mass is 10.1. The van der Waals surface area contributed by atoms with E-state index in [4.69, 9.17) is 16.3 Å². The van der Waals surface area contributed by atoms with Crippen molar-refractivity contribution in [3.63, 3.8) is 0 Å². The normalized spacial score (nSPS) is 12.8. The Kier molecular flexibility index (Phi) is 5.69. The Hall–Kier alpha value is -0.680. The van der Waals surface area contributed by atoms with Gasteiger partial charge in [-0.3, -0.25) is 0 Å². The van der Waals surface area contributed by atoms with Crippen molar-refractivity contribution in [2.45, 2.75) is 6.10 Å². The van der Waals surface area contributed by atoms with Crippen molar-refractivity contribution in [3.05, 3.63) is 34.6 Å². The fourth-order valence-corrected chi connectivity index (χ4v) is 1.53. The smallest absolute Gasteiger partial charge is 0.125 e. The second-order valence-electron chi connectivity index (χ2n) is 3.42. The molecule has 0 spiro atoms. The third-order valence-corrected chi connectivity index (χ3v) is 2.31. The highest BCUT2D eigenvalue weighted by Gasteiger charge is 2.09. The fraction of sp³-hybridized carbons (Fsp3) is 0.455. The van der Waals surface area contributed by atoms with E-state index in [1.165, 1.54) is 12.1 Å². The molecule has 0 bridgehead atoms. The summed E-state index contributed by atoms with van der Waals surface area (Å²) in [5.74, 6) is -0.446. The van der Waals surface area contributed by atoms with Crippen molar-refractivity contribution in [1.29, 1.82) is 0 Å². The molecule has 3 nitrogen and oxygen atoms in total. The number of aliphatic hydroxyl groups excluding tert-OH is 1. The van der Waals surface area contributed by atoms with Gasteiger partial charge >= 0.3 is 0 Å². The predicted molar refractivity (Wildman–Crippen MR) is 61.1 cm³/mol. The summed E-state index contributed by atoms with van der Waals surface area (Å²) in [6.07, 6.45) is -0.773. The number of ether oxygens (including phenoxy) is 1. The summed E-state index contributed by atoms with van der Waals surface area (Å²) in [6.45, 7) is 1.54. The van der Waals surface area contributed by atoms with Crippen LogP contribution >= 0.6 is 11.6 Å². The van der Waals surface area contributed by atoms with Crippen LogP contribution in [0.4, 0.5) is 4.39 Å². The molecule has 0 aliphatic rings. The molecule has 1 aromatic carbocycles. The summed E-state index contributed by atoms with van der Waals surface area (Å²) in [6, 6.07) is 4.03. The molecular weight excluding hydrogens is 233 g/mol. The van der Waals surface area contributed by atoms with Gasteiger partial charge in [0.15, 0.2) is 0 Å². The number of hydrogen-bond donors (Lipinski definition) is 2. The van der Waals surface area contributed by atoms with E-state index in [-0.39, 0.29) is 5.02 Å². The summed E-state index contributed by atoms with van der Waals surface area (Å²) >= 11 is 5.69. The lowest BCUT2D eigenvalue weighted by Gasteiger charge is -2.12. The molecule has 0 saturated carbocycles. The molecule has 0 fully saturated rings. The van der Waals surface area contributed by atoms with Gasteiger partial charge in [-0.1, -0.05) is 11.6 Å². The third kappa shape index (κ3) is 4.45. The van der Waals surface area contributed by atoms with Crippen LogP contribution in [0.5, 0.6) is 0 Å². The van der Waals surface area contributed by atoms with Gasteiger partial charge in [-0.15, -0.1) is 0 Å². The van der Waals surface area contributed by atoms with Crippen LogP contribution in [0.1, 0.15) is 11.7 Å². The minimum Gasteiger partial charge on any atom is -0.387 e. The van der Waals surface area contributed by atoms with Crippen molar-refractivity contribution < 1.29 is 14.2 Å².